The molecule has 3 heterocycles. The Morgan fingerprint density at radius 1 is 1.03 bits per heavy atom. The highest BCUT2D eigenvalue weighted by Gasteiger charge is 2.24. The number of benzene rings is 2. The predicted octanol–water partition coefficient (Wildman–Crippen LogP) is 5.43. The van der Waals surface area contributed by atoms with Gasteiger partial charge in [0.15, 0.2) is 0 Å². The molecule has 0 atom stereocenters. The molecule has 2 aromatic carbocycles. The summed E-state index contributed by atoms with van der Waals surface area (Å²) in [5, 5.41) is 8.15. The number of nitrogens with one attached hydrogen (secondary N) is 1. The molecule has 7 heteroatoms. The maximum Gasteiger partial charge on any atom is 0.322 e. The molecule has 168 valence electrons. The fourth-order valence-electron chi connectivity index (χ4n) is 4.21. The van der Waals surface area contributed by atoms with Gasteiger partial charge in [0, 0.05) is 11.8 Å². The van der Waals surface area contributed by atoms with Crippen LogP contribution < -0.4 is 10.1 Å². The van der Waals surface area contributed by atoms with Crippen molar-refractivity contribution in [3.63, 3.8) is 0 Å². The summed E-state index contributed by atoms with van der Waals surface area (Å²) in [6.45, 7) is 4.01. The highest BCUT2D eigenvalue weighted by atomic mass is 19.1. The summed E-state index contributed by atoms with van der Waals surface area (Å²) in [6, 6.07) is 16.8. The molecular formula is C26H26FN5O. The lowest BCUT2D eigenvalue weighted by Crippen LogP contribution is -2.30. The van der Waals surface area contributed by atoms with Gasteiger partial charge in [0.25, 0.3) is 0 Å². The molecule has 6 nitrogen and oxygen atoms in total. The average molecular weight is 444 g/mol. The number of nitrogens with zero attached hydrogens (tertiary/aromatic N) is 4. The number of hydrogen-bond donors (Lipinski definition) is 1. The Balaban J connectivity index is 1.54. The first-order valence-electron chi connectivity index (χ1n) is 11.4. The van der Waals surface area contributed by atoms with Crippen LogP contribution in [0.4, 0.5) is 4.39 Å². The lowest BCUT2D eigenvalue weighted by atomic mass is 10.0. The van der Waals surface area contributed by atoms with Gasteiger partial charge in [-0.15, -0.1) is 0 Å². The molecule has 1 aliphatic rings. The maximum absolute atomic E-state index is 13.6. The molecule has 1 saturated heterocycles. The summed E-state index contributed by atoms with van der Waals surface area (Å²) in [5.41, 5.74) is 4.66. The summed E-state index contributed by atoms with van der Waals surface area (Å²) in [5.74, 6) is 0.424. The molecule has 1 N–H and O–H groups in total. The van der Waals surface area contributed by atoms with Gasteiger partial charge in [-0.2, -0.15) is 10.1 Å². The van der Waals surface area contributed by atoms with Crippen molar-refractivity contribution >= 4 is 0 Å². The number of piperidine rings is 1. The van der Waals surface area contributed by atoms with Crippen LogP contribution in [0.5, 0.6) is 11.8 Å². The van der Waals surface area contributed by atoms with Crippen molar-refractivity contribution in [2.45, 2.75) is 32.2 Å². The zero-order chi connectivity index (χ0) is 22.6. The zero-order valence-electron chi connectivity index (χ0n) is 18.5. The molecule has 33 heavy (non-hydrogen) atoms. The van der Waals surface area contributed by atoms with E-state index < -0.39 is 0 Å². The van der Waals surface area contributed by atoms with Gasteiger partial charge in [-0.1, -0.05) is 31.2 Å². The van der Waals surface area contributed by atoms with E-state index in [0.29, 0.717) is 5.75 Å². The molecule has 4 aromatic rings. The van der Waals surface area contributed by atoms with Gasteiger partial charge in [-0.05, 0) is 73.8 Å². The van der Waals surface area contributed by atoms with E-state index in [1.54, 1.807) is 18.3 Å². The number of aromatic nitrogens is 4. The van der Waals surface area contributed by atoms with Crippen molar-refractivity contribution < 1.29 is 9.13 Å². The number of aryl methyl sites for hydroxylation is 1. The number of ether oxygens (including phenoxy) is 1. The monoisotopic (exact) mass is 443 g/mol. The van der Waals surface area contributed by atoms with Gasteiger partial charge < -0.3 is 10.1 Å². The van der Waals surface area contributed by atoms with Gasteiger partial charge in [0.1, 0.15) is 11.6 Å². The molecule has 0 bridgehead atoms. The molecule has 0 unspecified atom stereocenters. The van der Waals surface area contributed by atoms with Crippen molar-refractivity contribution in [1.29, 1.82) is 0 Å². The normalized spacial score (nSPS) is 14.4. The molecule has 0 spiro atoms. The van der Waals surface area contributed by atoms with Crippen LogP contribution in [-0.2, 0) is 6.42 Å². The molecule has 0 saturated carbocycles. The summed E-state index contributed by atoms with van der Waals surface area (Å²) in [4.78, 5) is 9.05. The van der Waals surface area contributed by atoms with E-state index in [1.807, 2.05) is 36.5 Å². The fourth-order valence-corrected chi connectivity index (χ4v) is 4.21. The summed E-state index contributed by atoms with van der Waals surface area (Å²) < 4.78 is 21.6. The molecule has 1 fully saturated rings. The molecule has 0 radical (unpaired) electrons. The van der Waals surface area contributed by atoms with Gasteiger partial charge >= 0.3 is 6.01 Å². The Labute approximate surface area is 192 Å². The second kappa shape index (κ2) is 9.50. The van der Waals surface area contributed by atoms with Crippen molar-refractivity contribution in [1.82, 2.24) is 25.1 Å². The highest BCUT2D eigenvalue weighted by Crippen LogP contribution is 2.35. The average Bonchev–Trinajstić information content (AvgIpc) is 3.31. The highest BCUT2D eigenvalue weighted by molar-refractivity contribution is 5.79. The third-order valence-electron chi connectivity index (χ3n) is 6.02. The quantitative estimate of drug-likeness (QED) is 0.431. The van der Waals surface area contributed by atoms with Gasteiger partial charge in [-0.25, -0.2) is 9.37 Å². The minimum Gasteiger partial charge on any atom is -0.424 e. The Bertz CT molecular complexity index is 1210. The number of hydrogen-bond acceptors (Lipinski definition) is 5. The Morgan fingerprint density at radius 3 is 2.52 bits per heavy atom. The van der Waals surface area contributed by atoms with Crippen molar-refractivity contribution in [2.75, 3.05) is 13.1 Å². The second-order valence-electron chi connectivity index (χ2n) is 8.16. The van der Waals surface area contributed by atoms with E-state index in [0.717, 1.165) is 54.9 Å². The predicted molar refractivity (Wildman–Crippen MR) is 126 cm³/mol. The summed E-state index contributed by atoms with van der Waals surface area (Å²) in [6.07, 6.45) is 6.48. The molecule has 5 rings (SSSR count). The smallest absolute Gasteiger partial charge is 0.322 e. The topological polar surface area (TPSA) is 64.9 Å². The third kappa shape index (κ3) is 4.64. The van der Waals surface area contributed by atoms with E-state index in [9.17, 15) is 4.39 Å². The van der Waals surface area contributed by atoms with Crippen LogP contribution in [0.25, 0.3) is 22.5 Å². The lowest BCUT2D eigenvalue weighted by molar-refractivity contribution is 0.345. The van der Waals surface area contributed by atoms with E-state index >= 15 is 0 Å². The van der Waals surface area contributed by atoms with Gasteiger partial charge in [0.05, 0.1) is 23.6 Å². The van der Waals surface area contributed by atoms with Crippen molar-refractivity contribution in [3.8, 4) is 34.3 Å². The standard InChI is InChI=1S/C26H26FN5O/c1-2-18-3-9-22(10-4-18)33-26-29-16-13-24(31-26)25-23(19-5-7-20(27)8-6-19)17-30-32(25)21-11-14-28-15-12-21/h3-10,13,16-17,21,28H,2,11-12,14-15H2,1H3. The number of halogens is 1. The van der Waals surface area contributed by atoms with Crippen LogP contribution in [0.1, 0.15) is 31.4 Å². The Morgan fingerprint density at radius 2 is 1.79 bits per heavy atom. The summed E-state index contributed by atoms with van der Waals surface area (Å²) in [7, 11) is 0. The van der Waals surface area contributed by atoms with Crippen LogP contribution >= 0.6 is 0 Å². The molecule has 0 aliphatic carbocycles. The van der Waals surface area contributed by atoms with Crippen LogP contribution in [0.2, 0.25) is 0 Å². The van der Waals surface area contributed by atoms with E-state index in [2.05, 4.69) is 21.9 Å². The first-order valence-corrected chi connectivity index (χ1v) is 11.4. The largest absolute Gasteiger partial charge is 0.424 e. The Kier molecular flexibility index (Phi) is 6.13. The minimum atomic E-state index is -0.266. The van der Waals surface area contributed by atoms with Crippen LogP contribution in [0.15, 0.2) is 67.0 Å². The second-order valence-corrected chi connectivity index (χ2v) is 8.16. The first kappa shape index (κ1) is 21.3. The van der Waals surface area contributed by atoms with Gasteiger partial charge in [-0.3, -0.25) is 4.68 Å². The SMILES string of the molecule is CCc1ccc(Oc2nccc(-c3c(-c4ccc(F)cc4)cnn3C3CCNCC3)n2)cc1. The maximum atomic E-state index is 13.6. The third-order valence-corrected chi connectivity index (χ3v) is 6.02. The summed E-state index contributed by atoms with van der Waals surface area (Å²) >= 11 is 0. The van der Waals surface area contributed by atoms with Crippen LogP contribution in [-0.4, -0.2) is 32.8 Å². The van der Waals surface area contributed by atoms with E-state index in [4.69, 9.17) is 14.8 Å². The molecule has 1 aliphatic heterocycles. The Hall–Kier alpha value is -3.58. The van der Waals surface area contributed by atoms with Crippen LogP contribution in [0.3, 0.4) is 0 Å². The molecule has 0 amide bonds. The number of rotatable bonds is 6. The van der Waals surface area contributed by atoms with Crippen molar-refractivity contribution in [2.24, 2.45) is 0 Å². The van der Waals surface area contributed by atoms with E-state index in [1.165, 1.54) is 17.7 Å². The fraction of sp³-hybridized carbons (Fsp3) is 0.269. The van der Waals surface area contributed by atoms with Crippen LogP contribution in [0, 0.1) is 5.82 Å². The lowest BCUT2D eigenvalue weighted by Gasteiger charge is -2.25. The molecule has 2 aromatic heterocycles. The first-order chi connectivity index (χ1) is 16.2. The van der Waals surface area contributed by atoms with Crippen molar-refractivity contribution in [3.05, 3.63) is 78.4 Å². The van der Waals surface area contributed by atoms with E-state index in [-0.39, 0.29) is 17.9 Å². The molecular weight excluding hydrogens is 417 g/mol. The van der Waals surface area contributed by atoms with Gasteiger partial charge in [0.2, 0.25) is 0 Å². The zero-order valence-corrected chi connectivity index (χ0v) is 18.5. The minimum absolute atomic E-state index is 0.261.